The number of carbonyl (C=O) groups is 3. The Hall–Kier alpha value is -2.41. The summed E-state index contributed by atoms with van der Waals surface area (Å²) >= 11 is 0. The van der Waals surface area contributed by atoms with Crippen LogP contribution in [0.4, 0.5) is 0 Å². The molecule has 112 valence electrons. The number of allylic oxidation sites excluding steroid dienone is 2. The zero-order valence-electron chi connectivity index (χ0n) is 11.4. The van der Waals surface area contributed by atoms with Gasteiger partial charge in [0.2, 0.25) is 11.8 Å². The fourth-order valence-corrected chi connectivity index (χ4v) is 0.708. The molecule has 7 nitrogen and oxygen atoms in total. The van der Waals surface area contributed by atoms with Crippen LogP contribution in [0.25, 0.3) is 0 Å². The highest BCUT2D eigenvalue weighted by Crippen LogP contribution is 1.90. The Balaban J connectivity index is 0. The smallest absolute Gasteiger partial charge is 0.333 e. The molecule has 0 atom stereocenters. The number of primary amides is 2. The van der Waals surface area contributed by atoms with Gasteiger partial charge in [-0.15, -0.1) is 0 Å². The molecule has 2 amide bonds. The number of hydrogen-bond acceptors (Lipinski definition) is 5. The summed E-state index contributed by atoms with van der Waals surface area (Å²) in [5, 5.41) is 8.19. The SMILES string of the molecule is C=C(C)C(=O)OCCO.NC(=O)C=CCC=CC(N)=O. The Bertz CT molecular complexity index is 378. The number of esters is 1. The second-order valence-corrected chi connectivity index (χ2v) is 3.49. The summed E-state index contributed by atoms with van der Waals surface area (Å²) in [6.45, 7) is 4.81. The molecular weight excluding hydrogens is 264 g/mol. The normalized spacial score (nSPS) is 9.90. The molecule has 0 aromatic carbocycles. The van der Waals surface area contributed by atoms with E-state index in [0.29, 0.717) is 12.0 Å². The van der Waals surface area contributed by atoms with Gasteiger partial charge in [0.25, 0.3) is 0 Å². The number of ether oxygens (including phenoxy) is 1. The quantitative estimate of drug-likeness (QED) is 0.430. The zero-order chi connectivity index (χ0) is 16.0. The molecule has 0 saturated heterocycles. The van der Waals surface area contributed by atoms with E-state index in [1.165, 1.54) is 12.2 Å². The summed E-state index contributed by atoms with van der Waals surface area (Å²) in [7, 11) is 0. The number of carbonyl (C=O) groups excluding carboxylic acids is 3. The molecule has 0 radical (unpaired) electrons. The molecule has 0 saturated carbocycles. The number of rotatable bonds is 7. The minimum Gasteiger partial charge on any atom is -0.460 e. The lowest BCUT2D eigenvalue weighted by atomic mass is 10.3. The summed E-state index contributed by atoms with van der Waals surface area (Å²) in [5.41, 5.74) is 9.94. The van der Waals surface area contributed by atoms with E-state index in [1.54, 1.807) is 19.1 Å². The van der Waals surface area contributed by atoms with Crippen molar-refractivity contribution in [3.8, 4) is 0 Å². The maximum absolute atomic E-state index is 10.5. The van der Waals surface area contributed by atoms with Gasteiger partial charge >= 0.3 is 5.97 Å². The van der Waals surface area contributed by atoms with Gasteiger partial charge in [-0.3, -0.25) is 9.59 Å². The van der Waals surface area contributed by atoms with E-state index in [4.69, 9.17) is 16.6 Å². The molecule has 7 heteroatoms. The predicted molar refractivity (Wildman–Crippen MR) is 74.1 cm³/mol. The minimum atomic E-state index is -0.502. The lowest BCUT2D eigenvalue weighted by Crippen LogP contribution is -2.08. The van der Waals surface area contributed by atoms with E-state index in [-0.39, 0.29) is 13.2 Å². The van der Waals surface area contributed by atoms with Crippen molar-refractivity contribution < 1.29 is 24.2 Å². The van der Waals surface area contributed by atoms with Crippen LogP contribution in [0.15, 0.2) is 36.5 Å². The lowest BCUT2D eigenvalue weighted by Gasteiger charge is -1.99. The molecule has 0 aliphatic heterocycles. The first-order valence-corrected chi connectivity index (χ1v) is 5.66. The van der Waals surface area contributed by atoms with Crippen molar-refractivity contribution in [2.75, 3.05) is 13.2 Å². The van der Waals surface area contributed by atoms with Gasteiger partial charge in [0, 0.05) is 5.57 Å². The van der Waals surface area contributed by atoms with E-state index >= 15 is 0 Å². The molecule has 0 fully saturated rings. The van der Waals surface area contributed by atoms with Crippen LogP contribution in [-0.4, -0.2) is 36.1 Å². The van der Waals surface area contributed by atoms with Crippen molar-refractivity contribution in [3.63, 3.8) is 0 Å². The molecule has 0 unspecified atom stereocenters. The monoisotopic (exact) mass is 284 g/mol. The van der Waals surface area contributed by atoms with Crippen molar-refractivity contribution in [2.45, 2.75) is 13.3 Å². The molecule has 0 bridgehead atoms. The first-order valence-electron chi connectivity index (χ1n) is 5.66. The second-order valence-electron chi connectivity index (χ2n) is 3.49. The van der Waals surface area contributed by atoms with Crippen LogP contribution in [0.3, 0.4) is 0 Å². The summed E-state index contributed by atoms with van der Waals surface area (Å²) < 4.78 is 4.46. The molecular formula is C13H20N2O5. The molecule has 0 aromatic heterocycles. The summed E-state index contributed by atoms with van der Waals surface area (Å²) in [6.07, 6.45) is 6.02. The van der Waals surface area contributed by atoms with Gasteiger partial charge in [-0.05, 0) is 25.5 Å². The van der Waals surface area contributed by atoms with Crippen LogP contribution >= 0.6 is 0 Å². The van der Waals surface area contributed by atoms with Crippen LogP contribution in [0, 0.1) is 0 Å². The van der Waals surface area contributed by atoms with Gasteiger partial charge in [0.1, 0.15) is 6.61 Å². The number of amides is 2. The summed E-state index contributed by atoms with van der Waals surface area (Å²) in [5.74, 6) is -1.46. The van der Waals surface area contributed by atoms with Crippen LogP contribution in [0.2, 0.25) is 0 Å². The Kier molecular flexibility index (Phi) is 13.0. The number of aliphatic hydroxyl groups is 1. The van der Waals surface area contributed by atoms with Crippen LogP contribution < -0.4 is 11.5 Å². The Morgan fingerprint density at radius 3 is 1.90 bits per heavy atom. The third kappa shape index (κ3) is 18.0. The third-order valence-corrected chi connectivity index (χ3v) is 1.51. The van der Waals surface area contributed by atoms with Gasteiger partial charge < -0.3 is 21.3 Å². The molecule has 0 rings (SSSR count). The average molecular weight is 284 g/mol. The highest BCUT2D eigenvalue weighted by Gasteiger charge is 1.99. The van der Waals surface area contributed by atoms with Crippen LogP contribution in [0.1, 0.15) is 13.3 Å². The average Bonchev–Trinajstić information content (AvgIpc) is 2.35. The largest absolute Gasteiger partial charge is 0.460 e. The highest BCUT2D eigenvalue weighted by molar-refractivity contribution is 5.87. The zero-order valence-corrected chi connectivity index (χ0v) is 11.4. The second kappa shape index (κ2) is 13.0. The van der Waals surface area contributed by atoms with Crippen molar-refractivity contribution in [3.05, 3.63) is 36.5 Å². The van der Waals surface area contributed by atoms with E-state index in [0.717, 1.165) is 0 Å². The Morgan fingerprint density at radius 2 is 1.60 bits per heavy atom. The maximum Gasteiger partial charge on any atom is 0.333 e. The van der Waals surface area contributed by atoms with Crippen LogP contribution in [-0.2, 0) is 19.1 Å². The molecule has 5 N–H and O–H groups in total. The van der Waals surface area contributed by atoms with Gasteiger partial charge in [-0.25, -0.2) is 4.79 Å². The number of hydrogen-bond donors (Lipinski definition) is 3. The highest BCUT2D eigenvalue weighted by atomic mass is 16.5. The van der Waals surface area contributed by atoms with E-state index in [2.05, 4.69) is 11.3 Å². The van der Waals surface area contributed by atoms with E-state index in [1.807, 2.05) is 0 Å². The van der Waals surface area contributed by atoms with E-state index in [9.17, 15) is 14.4 Å². The first-order chi connectivity index (χ1) is 9.31. The third-order valence-electron chi connectivity index (χ3n) is 1.51. The summed E-state index contributed by atoms with van der Waals surface area (Å²) in [4.78, 5) is 30.7. The van der Waals surface area contributed by atoms with E-state index < -0.39 is 17.8 Å². The van der Waals surface area contributed by atoms with Gasteiger partial charge in [-0.1, -0.05) is 18.7 Å². The molecule has 0 aliphatic rings. The first kappa shape index (κ1) is 19.9. The van der Waals surface area contributed by atoms with Gasteiger partial charge in [0.15, 0.2) is 0 Å². The number of nitrogens with two attached hydrogens (primary N) is 2. The van der Waals surface area contributed by atoms with Crippen molar-refractivity contribution in [1.29, 1.82) is 0 Å². The van der Waals surface area contributed by atoms with Crippen molar-refractivity contribution in [2.24, 2.45) is 11.5 Å². The molecule has 0 aromatic rings. The summed E-state index contributed by atoms with van der Waals surface area (Å²) in [6, 6.07) is 0. The molecule has 0 heterocycles. The van der Waals surface area contributed by atoms with Crippen molar-refractivity contribution >= 4 is 17.8 Å². The number of aliphatic hydroxyl groups excluding tert-OH is 1. The lowest BCUT2D eigenvalue weighted by molar-refractivity contribution is -0.139. The van der Waals surface area contributed by atoms with Crippen LogP contribution in [0.5, 0.6) is 0 Å². The molecule has 20 heavy (non-hydrogen) atoms. The fraction of sp³-hybridized carbons (Fsp3) is 0.308. The molecule has 0 spiro atoms. The maximum atomic E-state index is 10.5. The fourth-order valence-electron chi connectivity index (χ4n) is 0.708. The predicted octanol–water partition coefficient (Wildman–Crippen LogP) is -0.442. The minimum absolute atomic E-state index is 0.0473. The topological polar surface area (TPSA) is 133 Å². The van der Waals surface area contributed by atoms with Crippen molar-refractivity contribution in [1.82, 2.24) is 0 Å². The van der Waals surface area contributed by atoms with Gasteiger partial charge in [-0.2, -0.15) is 0 Å². The van der Waals surface area contributed by atoms with Gasteiger partial charge in [0.05, 0.1) is 6.61 Å². The Labute approximate surface area is 117 Å². The Morgan fingerprint density at radius 1 is 1.15 bits per heavy atom. The molecule has 0 aliphatic carbocycles. The standard InChI is InChI=1S/C7H10N2O2.C6H10O3/c8-6(10)4-2-1-3-5-7(9)11;1-5(2)6(8)9-4-3-7/h2-5H,1H2,(H2,8,10)(H2,9,11);7H,1,3-4H2,2H3.